The van der Waals surface area contributed by atoms with Gasteiger partial charge in [-0.15, -0.1) is 0 Å². The summed E-state index contributed by atoms with van der Waals surface area (Å²) in [7, 11) is 0. The standard InChI is InChI=1S/C10H11NO3/c12-10(13)6-14-8-1-2-9-7(5-8)3-4-11-9/h1-2,5,11H,3-4,6H2,(H,12,13). The lowest BCUT2D eigenvalue weighted by Crippen LogP contribution is -2.09. The second-order valence-electron chi connectivity index (χ2n) is 3.18. The third kappa shape index (κ3) is 1.79. The number of hydrogen-bond acceptors (Lipinski definition) is 3. The number of rotatable bonds is 3. The molecule has 2 N–H and O–H groups in total. The molecule has 0 amide bonds. The van der Waals surface area contributed by atoms with Crippen molar-refractivity contribution in [1.29, 1.82) is 0 Å². The smallest absolute Gasteiger partial charge is 0.341 e. The van der Waals surface area contributed by atoms with Crippen LogP contribution in [-0.2, 0) is 11.2 Å². The minimum Gasteiger partial charge on any atom is -0.482 e. The van der Waals surface area contributed by atoms with Gasteiger partial charge < -0.3 is 15.2 Å². The first-order chi connectivity index (χ1) is 6.75. The largest absolute Gasteiger partial charge is 0.482 e. The lowest BCUT2D eigenvalue weighted by Gasteiger charge is -2.05. The Balaban J connectivity index is 2.09. The van der Waals surface area contributed by atoms with Gasteiger partial charge in [0.1, 0.15) is 5.75 Å². The minimum absolute atomic E-state index is 0.286. The number of fused-ring (bicyclic) bond motifs is 1. The Bertz CT molecular complexity index is 362. The van der Waals surface area contributed by atoms with Crippen molar-refractivity contribution in [2.75, 3.05) is 18.5 Å². The van der Waals surface area contributed by atoms with E-state index in [-0.39, 0.29) is 6.61 Å². The number of hydrogen-bond donors (Lipinski definition) is 2. The summed E-state index contributed by atoms with van der Waals surface area (Å²) >= 11 is 0. The molecule has 0 bridgehead atoms. The molecule has 4 heteroatoms. The van der Waals surface area contributed by atoms with E-state index in [1.54, 1.807) is 6.07 Å². The van der Waals surface area contributed by atoms with E-state index in [9.17, 15) is 4.79 Å². The Hall–Kier alpha value is -1.71. The van der Waals surface area contributed by atoms with Gasteiger partial charge in [0, 0.05) is 12.2 Å². The van der Waals surface area contributed by atoms with Gasteiger partial charge in [0.15, 0.2) is 6.61 Å². The van der Waals surface area contributed by atoms with Gasteiger partial charge in [-0.1, -0.05) is 0 Å². The minimum atomic E-state index is -0.955. The molecule has 4 nitrogen and oxygen atoms in total. The summed E-state index contributed by atoms with van der Waals surface area (Å²) in [6.07, 6.45) is 0.972. The van der Waals surface area contributed by atoms with Crippen molar-refractivity contribution in [3.05, 3.63) is 23.8 Å². The highest BCUT2D eigenvalue weighted by atomic mass is 16.5. The maximum Gasteiger partial charge on any atom is 0.341 e. The number of benzene rings is 1. The molecule has 2 rings (SSSR count). The molecule has 74 valence electrons. The van der Waals surface area contributed by atoms with Crippen LogP contribution in [0.15, 0.2) is 18.2 Å². The first-order valence-electron chi connectivity index (χ1n) is 4.47. The zero-order valence-electron chi connectivity index (χ0n) is 7.62. The molecule has 0 radical (unpaired) electrons. The van der Waals surface area contributed by atoms with E-state index in [2.05, 4.69) is 5.32 Å². The van der Waals surface area contributed by atoms with Crippen LogP contribution in [0.5, 0.6) is 5.75 Å². The fourth-order valence-corrected chi connectivity index (χ4v) is 1.52. The van der Waals surface area contributed by atoms with Crippen molar-refractivity contribution in [3.63, 3.8) is 0 Å². The Morgan fingerprint density at radius 3 is 3.21 bits per heavy atom. The summed E-state index contributed by atoms with van der Waals surface area (Å²) in [4.78, 5) is 10.3. The lowest BCUT2D eigenvalue weighted by molar-refractivity contribution is -0.139. The normalized spacial score (nSPS) is 13.1. The van der Waals surface area contributed by atoms with Gasteiger partial charge >= 0.3 is 5.97 Å². The van der Waals surface area contributed by atoms with E-state index >= 15 is 0 Å². The molecule has 0 saturated heterocycles. The summed E-state index contributed by atoms with van der Waals surface area (Å²) in [5.74, 6) is -0.335. The molecule has 0 saturated carbocycles. The zero-order chi connectivity index (χ0) is 9.97. The molecule has 1 aliphatic heterocycles. The van der Waals surface area contributed by atoms with Crippen molar-refractivity contribution >= 4 is 11.7 Å². The fourth-order valence-electron chi connectivity index (χ4n) is 1.52. The number of ether oxygens (including phenoxy) is 1. The number of anilines is 1. The highest BCUT2D eigenvalue weighted by Gasteiger charge is 2.10. The van der Waals surface area contributed by atoms with Gasteiger partial charge in [-0.05, 0) is 30.2 Å². The van der Waals surface area contributed by atoms with Crippen LogP contribution >= 0.6 is 0 Å². The van der Waals surface area contributed by atoms with E-state index in [0.29, 0.717) is 5.75 Å². The molecule has 0 atom stereocenters. The summed E-state index contributed by atoms with van der Waals surface area (Å²) < 4.78 is 5.07. The number of carboxylic acid groups (broad SMARTS) is 1. The van der Waals surface area contributed by atoms with Crippen molar-refractivity contribution in [2.24, 2.45) is 0 Å². The molecule has 1 heterocycles. The Morgan fingerprint density at radius 1 is 1.57 bits per heavy atom. The van der Waals surface area contributed by atoms with Crippen LogP contribution in [0.4, 0.5) is 5.69 Å². The molecular weight excluding hydrogens is 182 g/mol. The van der Waals surface area contributed by atoms with Crippen LogP contribution in [0.1, 0.15) is 5.56 Å². The molecule has 0 fully saturated rings. The monoisotopic (exact) mass is 193 g/mol. The third-order valence-corrected chi connectivity index (χ3v) is 2.15. The summed E-state index contributed by atoms with van der Waals surface area (Å²) in [5, 5.41) is 11.7. The average molecular weight is 193 g/mol. The zero-order valence-corrected chi connectivity index (χ0v) is 7.62. The van der Waals surface area contributed by atoms with E-state index in [4.69, 9.17) is 9.84 Å². The van der Waals surface area contributed by atoms with Crippen LogP contribution in [0, 0.1) is 0 Å². The van der Waals surface area contributed by atoms with Crippen LogP contribution < -0.4 is 10.1 Å². The summed E-state index contributed by atoms with van der Waals surface area (Å²) in [6.45, 7) is 0.657. The molecule has 1 aromatic carbocycles. The molecule has 0 aliphatic carbocycles. The second-order valence-corrected chi connectivity index (χ2v) is 3.18. The van der Waals surface area contributed by atoms with E-state index < -0.39 is 5.97 Å². The quantitative estimate of drug-likeness (QED) is 0.755. The maximum absolute atomic E-state index is 10.3. The molecule has 0 unspecified atom stereocenters. The summed E-state index contributed by atoms with van der Waals surface area (Å²) in [5.41, 5.74) is 2.31. The first-order valence-corrected chi connectivity index (χ1v) is 4.47. The third-order valence-electron chi connectivity index (χ3n) is 2.15. The van der Waals surface area contributed by atoms with Gasteiger partial charge in [0.2, 0.25) is 0 Å². The molecule has 1 aliphatic rings. The topological polar surface area (TPSA) is 58.6 Å². The highest BCUT2D eigenvalue weighted by Crippen LogP contribution is 2.26. The summed E-state index contributed by atoms with van der Waals surface area (Å²) in [6, 6.07) is 5.58. The van der Waals surface area contributed by atoms with Crippen LogP contribution in [-0.4, -0.2) is 24.2 Å². The van der Waals surface area contributed by atoms with Crippen molar-refractivity contribution < 1.29 is 14.6 Å². The number of aliphatic carboxylic acids is 1. The number of carbonyl (C=O) groups is 1. The van der Waals surface area contributed by atoms with Crippen molar-refractivity contribution in [3.8, 4) is 5.75 Å². The Morgan fingerprint density at radius 2 is 2.43 bits per heavy atom. The second kappa shape index (κ2) is 3.57. The SMILES string of the molecule is O=C(O)COc1ccc2c(c1)CCN2. The Labute approximate surface area is 81.5 Å². The highest BCUT2D eigenvalue weighted by molar-refractivity contribution is 5.68. The molecule has 14 heavy (non-hydrogen) atoms. The predicted molar refractivity (Wildman–Crippen MR) is 51.8 cm³/mol. The van der Waals surface area contributed by atoms with Gasteiger partial charge in [-0.2, -0.15) is 0 Å². The fraction of sp³-hybridized carbons (Fsp3) is 0.300. The van der Waals surface area contributed by atoms with E-state index in [1.165, 1.54) is 5.56 Å². The molecule has 1 aromatic rings. The first kappa shape index (κ1) is 8.87. The van der Waals surface area contributed by atoms with E-state index in [1.807, 2.05) is 12.1 Å². The van der Waals surface area contributed by atoms with E-state index in [0.717, 1.165) is 18.7 Å². The Kier molecular flexibility index (Phi) is 2.26. The number of carboxylic acids is 1. The van der Waals surface area contributed by atoms with Gasteiger partial charge in [-0.3, -0.25) is 0 Å². The average Bonchev–Trinajstić information content (AvgIpc) is 2.61. The maximum atomic E-state index is 10.3. The van der Waals surface area contributed by atoms with Crippen LogP contribution in [0.2, 0.25) is 0 Å². The van der Waals surface area contributed by atoms with Crippen LogP contribution in [0.25, 0.3) is 0 Å². The van der Waals surface area contributed by atoms with Gasteiger partial charge in [0.05, 0.1) is 0 Å². The van der Waals surface area contributed by atoms with Gasteiger partial charge in [0.25, 0.3) is 0 Å². The van der Waals surface area contributed by atoms with Gasteiger partial charge in [-0.25, -0.2) is 4.79 Å². The molecule has 0 spiro atoms. The van der Waals surface area contributed by atoms with Crippen molar-refractivity contribution in [1.82, 2.24) is 0 Å². The van der Waals surface area contributed by atoms with Crippen LogP contribution in [0.3, 0.4) is 0 Å². The van der Waals surface area contributed by atoms with Crippen molar-refractivity contribution in [2.45, 2.75) is 6.42 Å². The number of nitrogens with one attached hydrogen (secondary N) is 1. The molecule has 0 aromatic heterocycles. The molecular formula is C10H11NO3. The lowest BCUT2D eigenvalue weighted by atomic mass is 10.1. The predicted octanol–water partition coefficient (Wildman–Crippen LogP) is 1.12.